The molecule has 1 aliphatic rings. The first-order valence-corrected chi connectivity index (χ1v) is 6.81. The summed E-state index contributed by atoms with van der Waals surface area (Å²) >= 11 is 1.56. The molecule has 7 heteroatoms. The number of rotatable bonds is 2. The van der Waals surface area contributed by atoms with Gasteiger partial charge in [-0.15, -0.1) is 11.3 Å². The largest absolute Gasteiger partial charge is 0.391 e. The number of nitrogens with zero attached hydrogens (tertiary/aromatic N) is 3. The van der Waals surface area contributed by atoms with Crippen LogP contribution in [0.1, 0.15) is 12.8 Å². The van der Waals surface area contributed by atoms with E-state index in [0.717, 1.165) is 35.4 Å². The molecule has 1 atom stereocenters. The molecule has 96 valence electrons. The lowest BCUT2D eigenvalue weighted by atomic mass is 10.1. The molecule has 0 bridgehead atoms. The fraction of sp³-hybridized carbons (Fsp3) is 0.455. The third kappa shape index (κ3) is 2.00. The van der Waals surface area contributed by atoms with E-state index in [0.29, 0.717) is 12.5 Å². The molecule has 1 fully saturated rings. The Bertz CT molecular complexity index is 557. The summed E-state index contributed by atoms with van der Waals surface area (Å²) in [5.41, 5.74) is 2.49. The Balaban J connectivity index is 2.05. The predicted octanol–water partition coefficient (Wildman–Crippen LogP) is 0.938. The van der Waals surface area contributed by atoms with Gasteiger partial charge in [-0.25, -0.2) is 10.8 Å². The number of aliphatic hydroxyl groups is 1. The number of nitrogen functional groups attached to an aromatic ring is 1. The minimum atomic E-state index is -0.281. The molecule has 1 saturated heterocycles. The number of anilines is 2. The van der Waals surface area contributed by atoms with E-state index in [1.54, 1.807) is 11.3 Å². The third-order valence-electron chi connectivity index (χ3n) is 3.13. The maximum atomic E-state index is 9.77. The summed E-state index contributed by atoms with van der Waals surface area (Å²) in [5, 5.41) is 12.8. The van der Waals surface area contributed by atoms with Gasteiger partial charge in [0.25, 0.3) is 0 Å². The summed E-state index contributed by atoms with van der Waals surface area (Å²) in [6.45, 7) is 1.52. The highest BCUT2D eigenvalue weighted by atomic mass is 32.1. The van der Waals surface area contributed by atoms with E-state index < -0.39 is 0 Å². The van der Waals surface area contributed by atoms with Gasteiger partial charge >= 0.3 is 0 Å². The van der Waals surface area contributed by atoms with Crippen LogP contribution in [-0.2, 0) is 0 Å². The SMILES string of the molecule is NNc1nc(N2CCCC(O)C2)c2ccsc2n1. The second-order valence-electron chi connectivity index (χ2n) is 4.40. The molecule has 6 nitrogen and oxygen atoms in total. The van der Waals surface area contributed by atoms with Crippen molar-refractivity contribution in [1.29, 1.82) is 0 Å². The highest BCUT2D eigenvalue weighted by molar-refractivity contribution is 7.16. The summed E-state index contributed by atoms with van der Waals surface area (Å²) in [4.78, 5) is 11.7. The van der Waals surface area contributed by atoms with Crippen LogP contribution in [-0.4, -0.2) is 34.3 Å². The number of β-amino-alcohol motifs (C(OH)–C–C–N with tert-alkyl or cyclic N) is 1. The molecule has 18 heavy (non-hydrogen) atoms. The van der Waals surface area contributed by atoms with E-state index in [1.807, 2.05) is 11.4 Å². The van der Waals surface area contributed by atoms with Gasteiger partial charge in [0.1, 0.15) is 10.6 Å². The number of nitrogens with one attached hydrogen (secondary N) is 1. The molecule has 0 saturated carbocycles. The maximum absolute atomic E-state index is 9.77. The van der Waals surface area contributed by atoms with Crippen molar-refractivity contribution in [2.24, 2.45) is 5.84 Å². The third-order valence-corrected chi connectivity index (χ3v) is 3.94. The number of fused-ring (bicyclic) bond motifs is 1. The minimum absolute atomic E-state index is 0.281. The summed E-state index contributed by atoms with van der Waals surface area (Å²) in [5.74, 6) is 6.67. The normalized spacial score (nSPS) is 20.3. The van der Waals surface area contributed by atoms with Gasteiger partial charge in [0.15, 0.2) is 0 Å². The molecule has 4 N–H and O–H groups in total. The van der Waals surface area contributed by atoms with Crippen LogP contribution in [0.2, 0.25) is 0 Å². The van der Waals surface area contributed by atoms with Crippen LogP contribution < -0.4 is 16.2 Å². The molecule has 3 heterocycles. The zero-order valence-electron chi connectivity index (χ0n) is 9.83. The van der Waals surface area contributed by atoms with Crippen LogP contribution in [0.15, 0.2) is 11.4 Å². The highest BCUT2D eigenvalue weighted by Crippen LogP contribution is 2.30. The van der Waals surface area contributed by atoms with Crippen LogP contribution in [0, 0.1) is 0 Å². The predicted molar refractivity (Wildman–Crippen MR) is 72.7 cm³/mol. The molecule has 1 unspecified atom stereocenters. The van der Waals surface area contributed by atoms with E-state index in [4.69, 9.17) is 5.84 Å². The average Bonchev–Trinajstić information content (AvgIpc) is 2.85. The standard InChI is InChI=1S/C11H15N5OS/c12-15-11-13-9(8-3-5-18-10(8)14-11)16-4-1-2-7(17)6-16/h3,5,7,17H,1-2,4,6,12H2,(H,13,14,15). The van der Waals surface area contributed by atoms with Gasteiger partial charge in [0.2, 0.25) is 5.95 Å². The monoisotopic (exact) mass is 265 g/mol. The van der Waals surface area contributed by atoms with Crippen molar-refractivity contribution in [3.05, 3.63) is 11.4 Å². The molecular weight excluding hydrogens is 250 g/mol. The van der Waals surface area contributed by atoms with Crippen molar-refractivity contribution in [3.8, 4) is 0 Å². The molecule has 1 aliphatic heterocycles. The molecule has 0 amide bonds. The van der Waals surface area contributed by atoms with Gasteiger partial charge in [-0.1, -0.05) is 0 Å². The number of hydrogen-bond donors (Lipinski definition) is 3. The second kappa shape index (κ2) is 4.68. The minimum Gasteiger partial charge on any atom is -0.391 e. The van der Waals surface area contributed by atoms with Crippen LogP contribution in [0.4, 0.5) is 11.8 Å². The van der Waals surface area contributed by atoms with E-state index in [9.17, 15) is 5.11 Å². The van der Waals surface area contributed by atoms with Crippen molar-refractivity contribution in [3.63, 3.8) is 0 Å². The fourth-order valence-electron chi connectivity index (χ4n) is 2.29. The summed E-state index contributed by atoms with van der Waals surface area (Å²) in [6.07, 6.45) is 1.55. The number of aromatic nitrogens is 2. The van der Waals surface area contributed by atoms with E-state index in [1.165, 1.54) is 0 Å². The number of hydrogen-bond acceptors (Lipinski definition) is 7. The fourth-order valence-corrected chi connectivity index (χ4v) is 3.05. The first-order valence-electron chi connectivity index (χ1n) is 5.93. The highest BCUT2D eigenvalue weighted by Gasteiger charge is 2.21. The lowest BCUT2D eigenvalue weighted by Gasteiger charge is -2.31. The van der Waals surface area contributed by atoms with Crippen LogP contribution in [0.25, 0.3) is 10.2 Å². The number of aliphatic hydroxyl groups excluding tert-OH is 1. The van der Waals surface area contributed by atoms with Gasteiger partial charge in [0.05, 0.1) is 11.5 Å². The van der Waals surface area contributed by atoms with Crippen molar-refractivity contribution in [2.75, 3.05) is 23.4 Å². The number of nitrogens with two attached hydrogens (primary N) is 1. The molecule has 0 radical (unpaired) electrons. The van der Waals surface area contributed by atoms with E-state index in [2.05, 4.69) is 20.3 Å². The van der Waals surface area contributed by atoms with E-state index >= 15 is 0 Å². The zero-order chi connectivity index (χ0) is 12.5. The topological polar surface area (TPSA) is 87.3 Å². The molecular formula is C11H15N5OS. The first-order chi connectivity index (χ1) is 8.78. The Morgan fingerprint density at radius 3 is 3.17 bits per heavy atom. The average molecular weight is 265 g/mol. The van der Waals surface area contributed by atoms with Gasteiger partial charge in [-0.05, 0) is 24.3 Å². The van der Waals surface area contributed by atoms with Crippen LogP contribution in [0.5, 0.6) is 0 Å². The van der Waals surface area contributed by atoms with Crippen molar-refractivity contribution in [2.45, 2.75) is 18.9 Å². The second-order valence-corrected chi connectivity index (χ2v) is 5.29. The summed E-state index contributed by atoms with van der Waals surface area (Å²) in [7, 11) is 0. The first kappa shape index (κ1) is 11.6. The van der Waals surface area contributed by atoms with Crippen molar-refractivity contribution >= 4 is 33.3 Å². The van der Waals surface area contributed by atoms with E-state index in [-0.39, 0.29) is 6.10 Å². The molecule has 0 aliphatic carbocycles. The van der Waals surface area contributed by atoms with Crippen LogP contribution >= 0.6 is 11.3 Å². The Morgan fingerprint density at radius 2 is 2.39 bits per heavy atom. The lowest BCUT2D eigenvalue weighted by molar-refractivity contribution is 0.154. The summed E-state index contributed by atoms with van der Waals surface area (Å²) in [6, 6.07) is 2.01. The van der Waals surface area contributed by atoms with Gasteiger partial charge < -0.3 is 10.0 Å². The quantitative estimate of drug-likeness (QED) is 0.553. The van der Waals surface area contributed by atoms with Crippen molar-refractivity contribution in [1.82, 2.24) is 9.97 Å². The Hall–Kier alpha value is -1.44. The molecule has 2 aromatic rings. The Labute approximate surface area is 108 Å². The maximum Gasteiger partial charge on any atom is 0.240 e. The van der Waals surface area contributed by atoms with Gasteiger partial charge in [0, 0.05) is 13.1 Å². The lowest BCUT2D eigenvalue weighted by Crippen LogP contribution is -2.39. The summed E-state index contributed by atoms with van der Waals surface area (Å²) < 4.78 is 0. The van der Waals surface area contributed by atoms with Crippen molar-refractivity contribution < 1.29 is 5.11 Å². The Kier molecular flexibility index (Phi) is 3.02. The smallest absolute Gasteiger partial charge is 0.240 e. The zero-order valence-corrected chi connectivity index (χ0v) is 10.7. The molecule has 3 rings (SSSR count). The van der Waals surface area contributed by atoms with Gasteiger partial charge in [-0.2, -0.15) is 4.98 Å². The Morgan fingerprint density at radius 1 is 1.50 bits per heavy atom. The molecule has 2 aromatic heterocycles. The number of hydrazine groups is 1. The molecule has 0 spiro atoms. The van der Waals surface area contributed by atoms with Crippen LogP contribution in [0.3, 0.4) is 0 Å². The van der Waals surface area contributed by atoms with Gasteiger partial charge in [-0.3, -0.25) is 5.43 Å². The number of piperidine rings is 1. The number of thiophene rings is 1. The molecule has 0 aromatic carbocycles.